The first-order valence-corrected chi connectivity index (χ1v) is 7.01. The Morgan fingerprint density at radius 1 is 1.59 bits per heavy atom. The Hall–Kier alpha value is -0.330. The second kappa shape index (κ2) is 5.54. The summed E-state index contributed by atoms with van der Waals surface area (Å²) in [4.78, 5) is 14.1. The molecule has 0 radical (unpaired) electrons. The maximum atomic E-state index is 12.3. The van der Waals surface area contributed by atoms with Crippen LogP contribution in [-0.4, -0.2) is 36.5 Å². The summed E-state index contributed by atoms with van der Waals surface area (Å²) in [6, 6.07) is 5.78. The zero-order valence-electron chi connectivity index (χ0n) is 9.54. The summed E-state index contributed by atoms with van der Waals surface area (Å²) in [6.07, 6.45) is 0. The number of piperazine rings is 1. The lowest BCUT2D eigenvalue weighted by molar-refractivity contribution is 0.0709. The number of nitrogens with zero attached hydrogens (tertiary/aromatic N) is 1. The van der Waals surface area contributed by atoms with E-state index in [0.717, 1.165) is 23.2 Å². The van der Waals surface area contributed by atoms with Gasteiger partial charge < -0.3 is 10.2 Å². The molecule has 1 saturated heterocycles. The van der Waals surface area contributed by atoms with Gasteiger partial charge in [-0.25, -0.2) is 0 Å². The van der Waals surface area contributed by atoms with Crippen LogP contribution in [0.25, 0.3) is 0 Å². The predicted octanol–water partition coefficient (Wildman–Crippen LogP) is 2.38. The van der Waals surface area contributed by atoms with E-state index in [1.807, 2.05) is 11.0 Å². The van der Waals surface area contributed by atoms with Gasteiger partial charge in [0.25, 0.3) is 5.91 Å². The van der Waals surface area contributed by atoms with Crippen molar-refractivity contribution < 1.29 is 4.79 Å². The number of benzene rings is 1. The van der Waals surface area contributed by atoms with Crippen LogP contribution < -0.4 is 5.32 Å². The van der Waals surface area contributed by atoms with Gasteiger partial charge in [0.1, 0.15) is 0 Å². The molecule has 1 amide bonds. The number of halogens is 2. The van der Waals surface area contributed by atoms with Gasteiger partial charge in [-0.15, -0.1) is 0 Å². The van der Waals surface area contributed by atoms with Gasteiger partial charge in [0.2, 0.25) is 0 Å². The molecule has 0 spiro atoms. The average Bonchev–Trinajstić information content (AvgIpc) is 2.32. The van der Waals surface area contributed by atoms with E-state index in [-0.39, 0.29) is 5.91 Å². The highest BCUT2D eigenvalue weighted by atomic mass is 127. The summed E-state index contributed by atoms with van der Waals surface area (Å²) in [5.74, 6) is 0.0907. The monoisotopic (exact) mass is 364 g/mol. The van der Waals surface area contributed by atoms with Gasteiger partial charge in [0.05, 0.1) is 5.02 Å². The van der Waals surface area contributed by atoms with Crippen LogP contribution >= 0.6 is 34.2 Å². The predicted molar refractivity (Wildman–Crippen MR) is 77.5 cm³/mol. The molecule has 1 aromatic carbocycles. The highest BCUT2D eigenvalue weighted by Gasteiger charge is 2.21. The molecule has 0 bridgehead atoms. The molecule has 1 aliphatic rings. The first-order chi connectivity index (χ1) is 8.08. The lowest BCUT2D eigenvalue weighted by atomic mass is 10.1. The van der Waals surface area contributed by atoms with Gasteiger partial charge in [0.15, 0.2) is 0 Å². The fraction of sp³-hybridized carbons (Fsp3) is 0.417. The van der Waals surface area contributed by atoms with E-state index in [1.165, 1.54) is 0 Å². The minimum Gasteiger partial charge on any atom is -0.336 e. The fourth-order valence-corrected chi connectivity index (χ4v) is 2.56. The first kappa shape index (κ1) is 13.1. The van der Waals surface area contributed by atoms with Crippen molar-refractivity contribution in [2.24, 2.45) is 0 Å². The van der Waals surface area contributed by atoms with Gasteiger partial charge in [-0.05, 0) is 47.7 Å². The lowest BCUT2D eigenvalue weighted by Crippen LogP contribution is -2.51. The topological polar surface area (TPSA) is 32.3 Å². The Bertz CT molecular complexity index is 439. The third-order valence-corrected chi connectivity index (χ3v) is 4.36. The molecular weight excluding hydrogens is 351 g/mol. The van der Waals surface area contributed by atoms with Gasteiger partial charge >= 0.3 is 0 Å². The Morgan fingerprint density at radius 2 is 2.35 bits per heavy atom. The van der Waals surface area contributed by atoms with Crippen molar-refractivity contribution in [2.45, 2.75) is 13.0 Å². The van der Waals surface area contributed by atoms with Crippen molar-refractivity contribution in [2.75, 3.05) is 19.6 Å². The van der Waals surface area contributed by atoms with Crippen molar-refractivity contribution in [1.29, 1.82) is 0 Å². The zero-order chi connectivity index (χ0) is 12.4. The van der Waals surface area contributed by atoms with E-state index in [2.05, 4.69) is 34.8 Å². The van der Waals surface area contributed by atoms with E-state index in [9.17, 15) is 4.79 Å². The van der Waals surface area contributed by atoms with Gasteiger partial charge in [-0.2, -0.15) is 0 Å². The van der Waals surface area contributed by atoms with Crippen molar-refractivity contribution >= 4 is 40.1 Å². The number of hydrogen-bond acceptors (Lipinski definition) is 2. The summed E-state index contributed by atoms with van der Waals surface area (Å²) < 4.78 is 0.915. The number of rotatable bonds is 1. The summed E-state index contributed by atoms with van der Waals surface area (Å²) in [5.41, 5.74) is 0.716. The SMILES string of the molecule is C[C@@H]1CN(C(=O)c2ccc(Cl)c(I)c2)CCN1. The molecule has 1 atom stereocenters. The van der Waals surface area contributed by atoms with Crippen LogP contribution in [-0.2, 0) is 0 Å². The zero-order valence-corrected chi connectivity index (χ0v) is 12.5. The molecule has 0 aromatic heterocycles. The van der Waals surface area contributed by atoms with Crippen molar-refractivity contribution in [3.8, 4) is 0 Å². The van der Waals surface area contributed by atoms with Crippen LogP contribution in [0.5, 0.6) is 0 Å². The number of hydrogen-bond donors (Lipinski definition) is 1. The summed E-state index contributed by atoms with van der Waals surface area (Å²) in [6.45, 7) is 4.48. The standard InChI is InChI=1S/C12H14ClIN2O/c1-8-7-16(5-4-15-8)12(17)9-2-3-10(13)11(14)6-9/h2-3,6,8,15H,4-5,7H2,1H3/t8-/m1/s1. The number of carbonyl (C=O) groups is 1. The molecule has 1 aliphatic heterocycles. The highest BCUT2D eigenvalue weighted by Crippen LogP contribution is 2.20. The third-order valence-electron chi connectivity index (χ3n) is 2.82. The smallest absolute Gasteiger partial charge is 0.253 e. The average molecular weight is 365 g/mol. The van der Waals surface area contributed by atoms with E-state index >= 15 is 0 Å². The van der Waals surface area contributed by atoms with Gasteiger partial charge in [-0.1, -0.05) is 11.6 Å². The Kier molecular flexibility index (Phi) is 4.27. The maximum Gasteiger partial charge on any atom is 0.253 e. The molecule has 0 aliphatic carbocycles. The molecule has 1 heterocycles. The van der Waals surface area contributed by atoms with Crippen molar-refractivity contribution in [3.05, 3.63) is 32.4 Å². The van der Waals surface area contributed by atoms with Crippen LogP contribution in [0.1, 0.15) is 17.3 Å². The summed E-state index contributed by atoms with van der Waals surface area (Å²) >= 11 is 8.10. The maximum absolute atomic E-state index is 12.3. The molecular formula is C12H14ClIN2O. The van der Waals surface area contributed by atoms with Crippen LogP contribution in [0.15, 0.2) is 18.2 Å². The molecule has 2 rings (SSSR count). The van der Waals surface area contributed by atoms with Crippen molar-refractivity contribution in [3.63, 3.8) is 0 Å². The van der Waals surface area contributed by atoms with Crippen molar-refractivity contribution in [1.82, 2.24) is 10.2 Å². The van der Waals surface area contributed by atoms with Crippen LogP contribution in [0.2, 0.25) is 5.02 Å². The Morgan fingerprint density at radius 3 is 3.00 bits per heavy atom. The van der Waals surface area contributed by atoms with E-state index in [1.54, 1.807) is 12.1 Å². The molecule has 0 unspecified atom stereocenters. The normalized spacial score (nSPS) is 20.4. The molecule has 17 heavy (non-hydrogen) atoms. The molecule has 92 valence electrons. The quantitative estimate of drug-likeness (QED) is 0.776. The molecule has 1 N–H and O–H groups in total. The molecule has 5 heteroatoms. The Labute approximate surface area is 120 Å². The fourth-order valence-electron chi connectivity index (χ4n) is 1.93. The van der Waals surface area contributed by atoms with E-state index < -0.39 is 0 Å². The van der Waals surface area contributed by atoms with E-state index in [0.29, 0.717) is 16.6 Å². The molecule has 3 nitrogen and oxygen atoms in total. The minimum atomic E-state index is 0.0907. The van der Waals surface area contributed by atoms with Gasteiger partial charge in [0, 0.05) is 34.8 Å². The first-order valence-electron chi connectivity index (χ1n) is 5.55. The summed E-state index contributed by atoms with van der Waals surface area (Å²) in [7, 11) is 0. The number of carbonyl (C=O) groups excluding carboxylic acids is 1. The third kappa shape index (κ3) is 3.11. The van der Waals surface area contributed by atoms with Crippen LogP contribution in [0.4, 0.5) is 0 Å². The lowest BCUT2D eigenvalue weighted by Gasteiger charge is -2.32. The second-order valence-corrected chi connectivity index (χ2v) is 5.80. The van der Waals surface area contributed by atoms with Gasteiger partial charge in [-0.3, -0.25) is 4.79 Å². The van der Waals surface area contributed by atoms with Crippen LogP contribution in [0.3, 0.4) is 0 Å². The molecule has 1 fully saturated rings. The number of nitrogens with one attached hydrogen (secondary N) is 1. The van der Waals surface area contributed by atoms with E-state index in [4.69, 9.17) is 11.6 Å². The highest BCUT2D eigenvalue weighted by molar-refractivity contribution is 14.1. The summed E-state index contributed by atoms with van der Waals surface area (Å²) in [5, 5.41) is 4.01. The minimum absolute atomic E-state index is 0.0907. The molecule has 1 aromatic rings. The Balaban J connectivity index is 2.15. The largest absolute Gasteiger partial charge is 0.336 e. The number of amides is 1. The van der Waals surface area contributed by atoms with Crippen LogP contribution in [0, 0.1) is 3.57 Å². The molecule has 0 saturated carbocycles. The second-order valence-electron chi connectivity index (χ2n) is 4.24.